The van der Waals surface area contributed by atoms with Crippen LogP contribution in [0.4, 0.5) is 0 Å². The van der Waals surface area contributed by atoms with Crippen molar-refractivity contribution in [3.63, 3.8) is 0 Å². The van der Waals surface area contributed by atoms with Gasteiger partial charge in [-0.15, -0.1) is 11.3 Å². The molecule has 0 fully saturated rings. The van der Waals surface area contributed by atoms with Gasteiger partial charge in [0.25, 0.3) is 0 Å². The highest BCUT2D eigenvalue weighted by molar-refractivity contribution is 7.09. The second-order valence-corrected chi connectivity index (χ2v) is 3.29. The molecule has 0 aromatic carbocycles. The Morgan fingerprint density at radius 1 is 1.75 bits per heavy atom. The van der Waals surface area contributed by atoms with Crippen molar-refractivity contribution in [3.8, 4) is 6.07 Å². The van der Waals surface area contributed by atoms with Gasteiger partial charge in [-0.2, -0.15) is 5.26 Å². The van der Waals surface area contributed by atoms with Gasteiger partial charge in [-0.3, -0.25) is 0 Å². The van der Waals surface area contributed by atoms with Gasteiger partial charge in [0, 0.05) is 11.9 Å². The van der Waals surface area contributed by atoms with E-state index in [-0.39, 0.29) is 0 Å². The van der Waals surface area contributed by atoms with Crippen LogP contribution in [-0.2, 0) is 13.0 Å². The molecule has 0 saturated carbocycles. The largest absolute Gasteiger partial charge is 0.311 e. The number of rotatable bonds is 4. The van der Waals surface area contributed by atoms with E-state index in [4.69, 9.17) is 5.26 Å². The van der Waals surface area contributed by atoms with Gasteiger partial charge in [-0.05, 0) is 6.54 Å². The molecule has 0 unspecified atom stereocenters. The molecule has 0 amide bonds. The van der Waals surface area contributed by atoms with E-state index < -0.39 is 0 Å². The standard InChI is InChI=1S/C8H11N3S/c1-2-10-5-7-6-12-8(11-7)3-4-9/h6,10H,2-3,5H2,1H3. The van der Waals surface area contributed by atoms with Crippen LogP contribution in [0.15, 0.2) is 5.38 Å². The van der Waals surface area contributed by atoms with Gasteiger partial charge in [0.1, 0.15) is 5.01 Å². The average Bonchev–Trinajstić information content (AvgIpc) is 2.50. The minimum Gasteiger partial charge on any atom is -0.311 e. The Balaban J connectivity index is 2.48. The Morgan fingerprint density at radius 2 is 2.58 bits per heavy atom. The molecule has 3 nitrogen and oxygen atoms in total. The molecule has 1 N–H and O–H groups in total. The third kappa shape index (κ3) is 2.61. The zero-order valence-electron chi connectivity index (χ0n) is 7.00. The summed E-state index contributed by atoms with van der Waals surface area (Å²) in [6.07, 6.45) is 0.427. The lowest BCUT2D eigenvalue weighted by Crippen LogP contribution is -2.11. The summed E-state index contributed by atoms with van der Waals surface area (Å²) < 4.78 is 0. The SMILES string of the molecule is CCNCc1csc(CC#N)n1. The molecular weight excluding hydrogens is 170 g/mol. The summed E-state index contributed by atoms with van der Waals surface area (Å²) in [6, 6.07) is 2.08. The number of nitrogens with one attached hydrogen (secondary N) is 1. The van der Waals surface area contributed by atoms with Gasteiger partial charge >= 0.3 is 0 Å². The highest BCUT2D eigenvalue weighted by Gasteiger charge is 1.99. The van der Waals surface area contributed by atoms with E-state index in [0.29, 0.717) is 6.42 Å². The van der Waals surface area contributed by atoms with Crippen LogP contribution in [0.2, 0.25) is 0 Å². The highest BCUT2D eigenvalue weighted by atomic mass is 32.1. The minimum absolute atomic E-state index is 0.427. The van der Waals surface area contributed by atoms with Crippen LogP contribution in [0, 0.1) is 11.3 Å². The normalized spacial score (nSPS) is 9.67. The molecule has 0 radical (unpaired) electrons. The van der Waals surface area contributed by atoms with Crippen LogP contribution < -0.4 is 5.32 Å². The summed E-state index contributed by atoms with van der Waals surface area (Å²) in [5, 5.41) is 14.5. The summed E-state index contributed by atoms with van der Waals surface area (Å²) in [6.45, 7) is 3.81. The molecule has 1 rings (SSSR count). The van der Waals surface area contributed by atoms with Crippen LogP contribution in [0.25, 0.3) is 0 Å². The number of aromatic nitrogens is 1. The van der Waals surface area contributed by atoms with E-state index in [2.05, 4.69) is 23.3 Å². The van der Waals surface area contributed by atoms with Crippen LogP contribution in [0.5, 0.6) is 0 Å². The average molecular weight is 181 g/mol. The Morgan fingerprint density at radius 3 is 3.25 bits per heavy atom. The first kappa shape index (κ1) is 9.17. The van der Waals surface area contributed by atoms with Crippen LogP contribution in [0.1, 0.15) is 17.6 Å². The van der Waals surface area contributed by atoms with Crippen molar-refractivity contribution in [1.82, 2.24) is 10.3 Å². The monoisotopic (exact) mass is 181 g/mol. The number of nitriles is 1. The molecule has 64 valence electrons. The zero-order valence-corrected chi connectivity index (χ0v) is 7.82. The molecule has 4 heteroatoms. The maximum atomic E-state index is 8.41. The van der Waals surface area contributed by atoms with Crippen molar-refractivity contribution in [1.29, 1.82) is 5.26 Å². The molecule has 0 bridgehead atoms. The smallest absolute Gasteiger partial charge is 0.107 e. The molecule has 0 saturated heterocycles. The Kier molecular flexibility index (Phi) is 3.71. The molecule has 12 heavy (non-hydrogen) atoms. The summed E-state index contributed by atoms with van der Waals surface area (Å²) in [4.78, 5) is 4.27. The summed E-state index contributed by atoms with van der Waals surface area (Å²) in [5.74, 6) is 0. The molecule has 0 atom stereocenters. The summed E-state index contributed by atoms with van der Waals surface area (Å²) >= 11 is 1.55. The second-order valence-electron chi connectivity index (χ2n) is 2.35. The molecule has 1 aromatic rings. The van der Waals surface area contributed by atoms with Gasteiger partial charge in [0.2, 0.25) is 0 Å². The van der Waals surface area contributed by atoms with Gasteiger partial charge in [-0.25, -0.2) is 4.98 Å². The van der Waals surface area contributed by atoms with Crippen molar-refractivity contribution in [2.24, 2.45) is 0 Å². The Labute approximate surface area is 76.1 Å². The fourth-order valence-electron chi connectivity index (χ4n) is 0.832. The van der Waals surface area contributed by atoms with Crippen LogP contribution >= 0.6 is 11.3 Å². The van der Waals surface area contributed by atoms with E-state index in [1.54, 1.807) is 11.3 Å². The quantitative estimate of drug-likeness (QED) is 0.762. The lowest BCUT2D eigenvalue weighted by molar-refractivity contribution is 0.712. The highest BCUT2D eigenvalue weighted by Crippen LogP contribution is 2.09. The van der Waals surface area contributed by atoms with E-state index in [9.17, 15) is 0 Å². The first-order chi connectivity index (χ1) is 5.86. The fraction of sp³-hybridized carbons (Fsp3) is 0.500. The molecule has 0 aliphatic rings. The molecular formula is C8H11N3S. The summed E-state index contributed by atoms with van der Waals surface area (Å²) in [7, 11) is 0. The minimum atomic E-state index is 0.427. The fourth-order valence-corrected chi connectivity index (χ4v) is 1.56. The predicted molar refractivity (Wildman–Crippen MR) is 48.8 cm³/mol. The van der Waals surface area contributed by atoms with Crippen molar-refractivity contribution >= 4 is 11.3 Å². The van der Waals surface area contributed by atoms with Crippen molar-refractivity contribution in [2.75, 3.05) is 6.54 Å². The number of hydrogen-bond acceptors (Lipinski definition) is 4. The molecule has 1 aromatic heterocycles. The van der Waals surface area contributed by atoms with Crippen LogP contribution in [0.3, 0.4) is 0 Å². The van der Waals surface area contributed by atoms with Gasteiger partial charge in [0.05, 0.1) is 18.2 Å². The lowest BCUT2D eigenvalue weighted by atomic mass is 10.4. The predicted octanol–water partition coefficient (Wildman–Crippen LogP) is 1.32. The van der Waals surface area contributed by atoms with Gasteiger partial charge in [0.15, 0.2) is 0 Å². The third-order valence-electron chi connectivity index (χ3n) is 1.39. The molecule has 0 aliphatic heterocycles. The topological polar surface area (TPSA) is 48.7 Å². The third-order valence-corrected chi connectivity index (χ3v) is 2.28. The van der Waals surface area contributed by atoms with Gasteiger partial charge in [-0.1, -0.05) is 6.92 Å². The first-order valence-electron chi connectivity index (χ1n) is 3.87. The van der Waals surface area contributed by atoms with Crippen molar-refractivity contribution in [3.05, 3.63) is 16.1 Å². The number of nitrogens with zero attached hydrogens (tertiary/aromatic N) is 2. The van der Waals surface area contributed by atoms with E-state index >= 15 is 0 Å². The molecule has 1 heterocycles. The maximum Gasteiger partial charge on any atom is 0.107 e. The number of hydrogen-bond donors (Lipinski definition) is 1. The Hall–Kier alpha value is -0.920. The molecule has 0 aliphatic carbocycles. The lowest BCUT2D eigenvalue weighted by Gasteiger charge is -1.94. The van der Waals surface area contributed by atoms with Crippen molar-refractivity contribution in [2.45, 2.75) is 19.9 Å². The summed E-state index contributed by atoms with van der Waals surface area (Å²) in [5.41, 5.74) is 1.03. The van der Waals surface area contributed by atoms with Crippen molar-refractivity contribution < 1.29 is 0 Å². The van der Waals surface area contributed by atoms with Gasteiger partial charge < -0.3 is 5.32 Å². The number of thiazole rings is 1. The zero-order chi connectivity index (χ0) is 8.81. The maximum absolute atomic E-state index is 8.41. The molecule has 0 spiro atoms. The Bertz CT molecular complexity index is 274. The van der Waals surface area contributed by atoms with E-state index in [1.807, 2.05) is 5.38 Å². The first-order valence-corrected chi connectivity index (χ1v) is 4.75. The van der Waals surface area contributed by atoms with Crippen LogP contribution in [-0.4, -0.2) is 11.5 Å². The van der Waals surface area contributed by atoms with E-state index in [1.165, 1.54) is 0 Å². The van der Waals surface area contributed by atoms with E-state index in [0.717, 1.165) is 23.8 Å². The second kappa shape index (κ2) is 4.86.